The summed E-state index contributed by atoms with van der Waals surface area (Å²) in [4.78, 5) is 26.8. The first-order valence-electron chi connectivity index (χ1n) is 9.25. The van der Waals surface area contributed by atoms with E-state index in [9.17, 15) is 19.8 Å². The molecule has 0 aliphatic heterocycles. The maximum absolute atomic E-state index is 13.8. The second kappa shape index (κ2) is 4.32. The van der Waals surface area contributed by atoms with Gasteiger partial charge in [-0.25, -0.2) is 0 Å². The van der Waals surface area contributed by atoms with Gasteiger partial charge in [-0.1, -0.05) is 13.8 Å². The fourth-order valence-electron chi connectivity index (χ4n) is 7.44. The molecule has 1 spiro atoms. The number of aliphatic hydroxyl groups excluding tert-OH is 1. The van der Waals surface area contributed by atoms with Crippen LogP contribution in [0.25, 0.3) is 0 Å². The molecule has 0 aromatic heterocycles. The molecule has 4 aliphatic carbocycles. The summed E-state index contributed by atoms with van der Waals surface area (Å²) in [7, 11) is 0. The van der Waals surface area contributed by atoms with Crippen LogP contribution in [-0.2, 0) is 9.59 Å². The summed E-state index contributed by atoms with van der Waals surface area (Å²) < 4.78 is 0. The van der Waals surface area contributed by atoms with Crippen molar-refractivity contribution < 1.29 is 19.8 Å². The third kappa shape index (κ3) is 1.43. The van der Waals surface area contributed by atoms with Crippen LogP contribution in [0.3, 0.4) is 0 Å². The quantitative estimate of drug-likeness (QED) is 0.724. The lowest BCUT2D eigenvalue weighted by atomic mass is 9.53. The third-order valence-electron chi connectivity index (χ3n) is 7.91. The molecule has 2 N–H and O–H groups in total. The summed E-state index contributed by atoms with van der Waals surface area (Å²) in [6, 6.07) is 0. The first kappa shape index (κ1) is 16.3. The van der Waals surface area contributed by atoms with Gasteiger partial charge < -0.3 is 10.2 Å². The highest BCUT2D eigenvalue weighted by atomic mass is 16.3. The summed E-state index contributed by atoms with van der Waals surface area (Å²) in [5.74, 6) is -0.545. The van der Waals surface area contributed by atoms with Crippen LogP contribution >= 0.6 is 0 Å². The number of ketones is 2. The molecule has 2 bridgehead atoms. The van der Waals surface area contributed by atoms with E-state index >= 15 is 0 Å². The fourth-order valence-corrected chi connectivity index (χ4v) is 7.44. The molecule has 0 aromatic carbocycles. The van der Waals surface area contributed by atoms with Crippen LogP contribution in [0.15, 0.2) is 11.3 Å². The number of allylic oxidation sites excluding steroid dienone is 2. The van der Waals surface area contributed by atoms with Crippen molar-refractivity contribution >= 4 is 11.6 Å². The van der Waals surface area contributed by atoms with Crippen LogP contribution in [-0.4, -0.2) is 27.4 Å². The maximum Gasteiger partial charge on any atom is 0.210 e. The second-order valence-corrected chi connectivity index (χ2v) is 9.53. The largest absolute Gasteiger partial charge is 0.504 e. The number of fused-ring (bicyclic) bond motifs is 1. The van der Waals surface area contributed by atoms with Crippen molar-refractivity contribution in [1.29, 1.82) is 0 Å². The van der Waals surface area contributed by atoms with Gasteiger partial charge in [0.1, 0.15) is 0 Å². The van der Waals surface area contributed by atoms with Crippen LogP contribution in [0.4, 0.5) is 0 Å². The minimum Gasteiger partial charge on any atom is -0.504 e. The molecule has 3 saturated carbocycles. The minimum atomic E-state index is -1.30. The first-order valence-corrected chi connectivity index (χ1v) is 9.25. The second-order valence-electron chi connectivity index (χ2n) is 9.53. The molecule has 4 nitrogen and oxygen atoms in total. The smallest absolute Gasteiger partial charge is 0.210 e. The molecule has 4 aliphatic rings. The predicted molar refractivity (Wildman–Crippen MR) is 89.2 cm³/mol. The van der Waals surface area contributed by atoms with Gasteiger partial charge in [-0.15, -0.1) is 0 Å². The first-order chi connectivity index (χ1) is 11.0. The zero-order chi connectivity index (χ0) is 17.8. The standard InChI is InChI=1S/C20H28O4/c1-9-6-7-11-10(2)8-12-15(18(3,4)24)19(5)16(22)14(21)13(9)20(11,12)17(19)23/h9-12,15,21,24H,6-8H2,1-5H3. The Kier molecular flexibility index (Phi) is 2.94. The molecule has 0 amide bonds. The third-order valence-corrected chi connectivity index (χ3v) is 7.91. The van der Waals surface area contributed by atoms with Crippen molar-refractivity contribution in [2.75, 3.05) is 0 Å². The van der Waals surface area contributed by atoms with Crippen molar-refractivity contribution in [3.63, 3.8) is 0 Å². The van der Waals surface area contributed by atoms with E-state index in [1.165, 1.54) is 0 Å². The topological polar surface area (TPSA) is 74.6 Å². The highest BCUT2D eigenvalue weighted by Gasteiger charge is 2.80. The molecular weight excluding hydrogens is 304 g/mol. The SMILES string of the molecule is CC1CCC2C(C)CC3C(C(C)(C)O)C4(C)C(=O)C(O)=C1C23C4=O. The van der Waals surface area contributed by atoms with Crippen molar-refractivity contribution in [3.8, 4) is 0 Å². The summed E-state index contributed by atoms with van der Waals surface area (Å²) in [5, 5.41) is 21.7. The van der Waals surface area contributed by atoms with E-state index in [1.807, 2.05) is 6.92 Å². The number of hydrogen-bond acceptors (Lipinski definition) is 4. The average Bonchev–Trinajstić information content (AvgIpc) is 2.82. The zero-order valence-corrected chi connectivity index (χ0v) is 15.2. The average molecular weight is 332 g/mol. The highest BCUT2D eigenvalue weighted by Crippen LogP contribution is 2.75. The van der Waals surface area contributed by atoms with Crippen LogP contribution in [0.5, 0.6) is 0 Å². The van der Waals surface area contributed by atoms with E-state index < -0.39 is 28.1 Å². The predicted octanol–water partition coefficient (Wildman–Crippen LogP) is 3.05. The van der Waals surface area contributed by atoms with E-state index in [4.69, 9.17) is 0 Å². The lowest BCUT2D eigenvalue weighted by molar-refractivity contribution is -0.150. The molecule has 132 valence electrons. The molecule has 4 heteroatoms. The highest BCUT2D eigenvalue weighted by molar-refractivity contribution is 6.21. The maximum atomic E-state index is 13.8. The number of carbonyl (C=O) groups excluding carboxylic acids is 2. The van der Waals surface area contributed by atoms with Crippen molar-refractivity contribution in [2.24, 2.45) is 40.4 Å². The van der Waals surface area contributed by atoms with E-state index in [-0.39, 0.29) is 29.3 Å². The lowest BCUT2D eigenvalue weighted by Gasteiger charge is -2.47. The Morgan fingerprint density at radius 1 is 1.12 bits per heavy atom. The summed E-state index contributed by atoms with van der Waals surface area (Å²) in [6.45, 7) is 9.30. The normalized spacial score (nSPS) is 50.5. The molecule has 0 radical (unpaired) electrons. The number of aliphatic hydroxyl groups is 2. The Bertz CT molecular complexity index is 684. The monoisotopic (exact) mass is 332 g/mol. The van der Waals surface area contributed by atoms with Crippen LogP contribution in [0.1, 0.15) is 53.9 Å². The Labute approximate surface area is 143 Å². The number of Topliss-reactive ketones (excluding diaryl/α,β-unsaturated/α-hetero) is 2. The molecule has 4 rings (SSSR count). The summed E-state index contributed by atoms with van der Waals surface area (Å²) in [6.07, 6.45) is 2.72. The van der Waals surface area contributed by atoms with Gasteiger partial charge in [0, 0.05) is 5.92 Å². The Morgan fingerprint density at radius 2 is 1.75 bits per heavy atom. The van der Waals surface area contributed by atoms with E-state index in [1.54, 1.807) is 20.8 Å². The Hall–Kier alpha value is -1.16. The van der Waals surface area contributed by atoms with Gasteiger partial charge in [-0.05, 0) is 69.3 Å². The Balaban J connectivity index is 2.08. The van der Waals surface area contributed by atoms with Crippen LogP contribution in [0.2, 0.25) is 0 Å². The number of hydrogen-bond donors (Lipinski definition) is 2. The van der Waals surface area contributed by atoms with Crippen molar-refractivity contribution in [3.05, 3.63) is 11.3 Å². The molecule has 0 aromatic rings. The lowest BCUT2D eigenvalue weighted by Crippen LogP contribution is -2.54. The van der Waals surface area contributed by atoms with Gasteiger partial charge in [0.2, 0.25) is 5.78 Å². The van der Waals surface area contributed by atoms with Gasteiger partial charge in [0.25, 0.3) is 0 Å². The molecular formula is C20H28O4. The summed E-state index contributed by atoms with van der Waals surface area (Å²) in [5.41, 5.74) is -2.47. The molecule has 7 atom stereocenters. The van der Waals surface area contributed by atoms with Crippen LogP contribution in [0, 0.1) is 40.4 Å². The van der Waals surface area contributed by atoms with Gasteiger partial charge in [0.05, 0.1) is 16.4 Å². The number of rotatable bonds is 1. The molecule has 7 unspecified atom stereocenters. The zero-order valence-electron chi connectivity index (χ0n) is 15.2. The molecule has 0 heterocycles. The van der Waals surface area contributed by atoms with Gasteiger partial charge >= 0.3 is 0 Å². The van der Waals surface area contributed by atoms with Crippen LogP contribution < -0.4 is 0 Å². The van der Waals surface area contributed by atoms with Gasteiger partial charge in [-0.3, -0.25) is 9.59 Å². The van der Waals surface area contributed by atoms with E-state index in [0.717, 1.165) is 19.3 Å². The van der Waals surface area contributed by atoms with Gasteiger partial charge in [-0.2, -0.15) is 0 Å². The minimum absolute atomic E-state index is 0.0224. The van der Waals surface area contributed by atoms with E-state index in [2.05, 4.69) is 6.92 Å². The summed E-state index contributed by atoms with van der Waals surface area (Å²) >= 11 is 0. The van der Waals surface area contributed by atoms with E-state index in [0.29, 0.717) is 11.5 Å². The van der Waals surface area contributed by atoms with Crippen molar-refractivity contribution in [1.82, 2.24) is 0 Å². The fraction of sp³-hybridized carbons (Fsp3) is 0.800. The van der Waals surface area contributed by atoms with Crippen molar-refractivity contribution in [2.45, 2.75) is 59.5 Å². The molecule has 24 heavy (non-hydrogen) atoms. The van der Waals surface area contributed by atoms with Gasteiger partial charge in [0.15, 0.2) is 11.5 Å². The molecule has 3 fully saturated rings. The molecule has 0 saturated heterocycles. The Morgan fingerprint density at radius 3 is 2.33 bits per heavy atom. The number of carbonyl (C=O) groups is 2.